The van der Waals surface area contributed by atoms with E-state index in [1.54, 1.807) is 6.07 Å². The average molecular weight is 238 g/mol. The van der Waals surface area contributed by atoms with Gasteiger partial charge in [-0.3, -0.25) is 0 Å². The molecule has 0 aliphatic rings. The molecule has 0 unspecified atom stereocenters. The zero-order valence-electron chi connectivity index (χ0n) is 9.17. The SMILES string of the molecule is COc1ccc(-n2nnc(CCO)n2)cc1F. The number of hydrogen-bond donors (Lipinski definition) is 1. The smallest absolute Gasteiger partial charge is 0.177 e. The van der Waals surface area contributed by atoms with Crippen LogP contribution in [0.2, 0.25) is 0 Å². The van der Waals surface area contributed by atoms with Crippen molar-refractivity contribution in [2.45, 2.75) is 6.42 Å². The number of hydrogen-bond acceptors (Lipinski definition) is 5. The fraction of sp³-hybridized carbons (Fsp3) is 0.300. The molecule has 1 N–H and O–H groups in total. The maximum absolute atomic E-state index is 13.4. The summed E-state index contributed by atoms with van der Waals surface area (Å²) >= 11 is 0. The van der Waals surface area contributed by atoms with Crippen LogP contribution in [0.3, 0.4) is 0 Å². The maximum Gasteiger partial charge on any atom is 0.177 e. The van der Waals surface area contributed by atoms with Crippen molar-refractivity contribution in [3.63, 3.8) is 0 Å². The van der Waals surface area contributed by atoms with Gasteiger partial charge in [-0.05, 0) is 17.3 Å². The number of methoxy groups -OCH3 is 1. The van der Waals surface area contributed by atoms with Crippen LogP contribution in [0.4, 0.5) is 4.39 Å². The van der Waals surface area contributed by atoms with Crippen molar-refractivity contribution >= 4 is 0 Å². The normalized spacial score (nSPS) is 10.5. The Morgan fingerprint density at radius 1 is 1.47 bits per heavy atom. The highest BCUT2D eigenvalue weighted by Crippen LogP contribution is 2.18. The van der Waals surface area contributed by atoms with Gasteiger partial charge in [-0.25, -0.2) is 4.39 Å². The fourth-order valence-corrected chi connectivity index (χ4v) is 1.33. The molecule has 1 aromatic heterocycles. The van der Waals surface area contributed by atoms with E-state index in [0.29, 0.717) is 17.9 Å². The van der Waals surface area contributed by atoms with Gasteiger partial charge in [0, 0.05) is 12.5 Å². The number of aliphatic hydroxyl groups excluding tert-OH is 1. The van der Waals surface area contributed by atoms with Crippen molar-refractivity contribution in [2.75, 3.05) is 13.7 Å². The Morgan fingerprint density at radius 3 is 2.94 bits per heavy atom. The second kappa shape index (κ2) is 4.88. The Balaban J connectivity index is 2.29. The van der Waals surface area contributed by atoms with Crippen molar-refractivity contribution in [1.82, 2.24) is 20.2 Å². The molecule has 0 bridgehead atoms. The first-order chi connectivity index (χ1) is 8.24. The van der Waals surface area contributed by atoms with Crippen LogP contribution in [-0.4, -0.2) is 39.0 Å². The molecule has 0 spiro atoms. The van der Waals surface area contributed by atoms with Crippen molar-refractivity contribution in [3.05, 3.63) is 29.8 Å². The van der Waals surface area contributed by atoms with Gasteiger partial charge >= 0.3 is 0 Å². The molecular weight excluding hydrogens is 227 g/mol. The Labute approximate surface area is 96.6 Å². The number of tetrazole rings is 1. The third-order valence-corrected chi connectivity index (χ3v) is 2.16. The van der Waals surface area contributed by atoms with E-state index in [1.807, 2.05) is 0 Å². The first-order valence-electron chi connectivity index (χ1n) is 4.98. The lowest BCUT2D eigenvalue weighted by molar-refractivity contribution is 0.296. The summed E-state index contributed by atoms with van der Waals surface area (Å²) in [5.74, 6) is 0.0687. The summed E-state index contributed by atoms with van der Waals surface area (Å²) in [4.78, 5) is 1.20. The van der Waals surface area contributed by atoms with Crippen molar-refractivity contribution < 1.29 is 14.2 Å². The highest BCUT2D eigenvalue weighted by molar-refractivity contribution is 5.37. The van der Waals surface area contributed by atoms with Crippen LogP contribution < -0.4 is 4.74 Å². The summed E-state index contributed by atoms with van der Waals surface area (Å²) in [5, 5.41) is 20.2. The lowest BCUT2D eigenvalue weighted by atomic mass is 10.3. The van der Waals surface area contributed by atoms with E-state index in [9.17, 15) is 4.39 Å². The third-order valence-electron chi connectivity index (χ3n) is 2.16. The quantitative estimate of drug-likeness (QED) is 0.831. The van der Waals surface area contributed by atoms with Crippen LogP contribution >= 0.6 is 0 Å². The van der Waals surface area contributed by atoms with E-state index < -0.39 is 5.82 Å². The van der Waals surface area contributed by atoms with Crippen LogP contribution in [0.5, 0.6) is 5.75 Å². The van der Waals surface area contributed by atoms with E-state index in [2.05, 4.69) is 15.4 Å². The van der Waals surface area contributed by atoms with E-state index >= 15 is 0 Å². The molecule has 0 amide bonds. The van der Waals surface area contributed by atoms with Gasteiger partial charge in [0.25, 0.3) is 0 Å². The van der Waals surface area contributed by atoms with Crippen molar-refractivity contribution in [1.29, 1.82) is 0 Å². The van der Waals surface area contributed by atoms with Crippen LogP contribution in [0.1, 0.15) is 5.82 Å². The monoisotopic (exact) mass is 238 g/mol. The Kier molecular flexibility index (Phi) is 3.29. The maximum atomic E-state index is 13.4. The zero-order chi connectivity index (χ0) is 12.3. The molecule has 90 valence electrons. The minimum Gasteiger partial charge on any atom is -0.494 e. The second-order valence-electron chi connectivity index (χ2n) is 3.29. The van der Waals surface area contributed by atoms with Gasteiger partial charge in [0.05, 0.1) is 19.4 Å². The predicted octanol–water partition coefficient (Wildman–Crippen LogP) is 0.345. The molecule has 0 atom stereocenters. The van der Waals surface area contributed by atoms with Gasteiger partial charge in [0.15, 0.2) is 17.4 Å². The number of ether oxygens (including phenoxy) is 1. The van der Waals surface area contributed by atoms with E-state index in [4.69, 9.17) is 9.84 Å². The molecule has 0 saturated heterocycles. The molecule has 7 heteroatoms. The Bertz CT molecular complexity index is 515. The summed E-state index contributed by atoms with van der Waals surface area (Å²) < 4.78 is 18.2. The highest BCUT2D eigenvalue weighted by atomic mass is 19.1. The van der Waals surface area contributed by atoms with Gasteiger partial charge in [-0.15, -0.1) is 15.0 Å². The van der Waals surface area contributed by atoms with Crippen molar-refractivity contribution in [3.8, 4) is 11.4 Å². The number of rotatable bonds is 4. The summed E-state index contributed by atoms with van der Waals surface area (Å²) in [6, 6.07) is 4.36. The van der Waals surface area contributed by atoms with Crippen LogP contribution in [-0.2, 0) is 6.42 Å². The first-order valence-corrected chi connectivity index (χ1v) is 4.98. The van der Waals surface area contributed by atoms with Gasteiger partial charge < -0.3 is 9.84 Å². The molecule has 1 heterocycles. The minimum absolute atomic E-state index is 0.0529. The molecule has 0 saturated carbocycles. The standard InChI is InChI=1S/C10H11FN4O2/c1-17-9-3-2-7(6-8(9)11)15-13-10(4-5-16)12-14-15/h2-3,6,16H,4-5H2,1H3. The van der Waals surface area contributed by atoms with Gasteiger partial charge in [-0.1, -0.05) is 0 Å². The summed E-state index contributed by atoms with van der Waals surface area (Å²) in [7, 11) is 1.39. The van der Waals surface area contributed by atoms with Gasteiger partial charge in [-0.2, -0.15) is 0 Å². The number of halogens is 1. The largest absolute Gasteiger partial charge is 0.494 e. The number of benzene rings is 1. The van der Waals surface area contributed by atoms with Crippen LogP contribution in [0.25, 0.3) is 5.69 Å². The molecule has 0 radical (unpaired) electrons. The van der Waals surface area contributed by atoms with Gasteiger partial charge in [0.1, 0.15) is 0 Å². The Hall–Kier alpha value is -2.02. The molecule has 6 nitrogen and oxygen atoms in total. The first kappa shape index (κ1) is 11.5. The van der Waals surface area contributed by atoms with Crippen LogP contribution in [0.15, 0.2) is 18.2 Å². The molecule has 17 heavy (non-hydrogen) atoms. The Morgan fingerprint density at radius 2 is 2.29 bits per heavy atom. The predicted molar refractivity (Wildman–Crippen MR) is 56.5 cm³/mol. The zero-order valence-corrected chi connectivity index (χ0v) is 9.17. The number of aromatic nitrogens is 4. The van der Waals surface area contributed by atoms with E-state index in [-0.39, 0.29) is 12.4 Å². The third kappa shape index (κ3) is 2.39. The molecule has 0 aliphatic heterocycles. The molecule has 1 aromatic carbocycles. The van der Waals surface area contributed by atoms with E-state index in [0.717, 1.165) is 0 Å². The topological polar surface area (TPSA) is 73.1 Å². The highest BCUT2D eigenvalue weighted by Gasteiger charge is 2.08. The number of nitrogens with zero attached hydrogens (tertiary/aromatic N) is 4. The fourth-order valence-electron chi connectivity index (χ4n) is 1.33. The molecule has 2 aromatic rings. The van der Waals surface area contributed by atoms with Crippen molar-refractivity contribution in [2.24, 2.45) is 0 Å². The number of aliphatic hydroxyl groups is 1. The molecule has 0 fully saturated rings. The van der Waals surface area contributed by atoms with Gasteiger partial charge in [0.2, 0.25) is 0 Å². The molecule has 2 rings (SSSR count). The van der Waals surface area contributed by atoms with Crippen LogP contribution in [0, 0.1) is 5.82 Å². The average Bonchev–Trinajstić information content (AvgIpc) is 2.78. The summed E-state index contributed by atoms with van der Waals surface area (Å²) in [5.41, 5.74) is 0.444. The second-order valence-corrected chi connectivity index (χ2v) is 3.29. The lowest BCUT2D eigenvalue weighted by Gasteiger charge is -2.03. The summed E-state index contributed by atoms with van der Waals surface area (Å²) in [6.07, 6.45) is 0.318. The molecular formula is C10H11FN4O2. The summed E-state index contributed by atoms with van der Waals surface area (Å²) in [6.45, 7) is -0.0529. The lowest BCUT2D eigenvalue weighted by Crippen LogP contribution is -2.01. The molecule has 0 aliphatic carbocycles. The van der Waals surface area contributed by atoms with E-state index in [1.165, 1.54) is 24.0 Å². The minimum atomic E-state index is -0.494.